The molecule has 3 aromatic carbocycles. The van der Waals surface area contributed by atoms with Crippen molar-refractivity contribution in [1.29, 1.82) is 0 Å². The summed E-state index contributed by atoms with van der Waals surface area (Å²) in [5.41, 5.74) is 2.04. The molecule has 2 aliphatic rings. The number of aryl methyl sites for hydroxylation is 1. The van der Waals surface area contributed by atoms with Crippen molar-refractivity contribution < 1.29 is 42.5 Å². The van der Waals surface area contributed by atoms with Crippen molar-refractivity contribution in [1.82, 2.24) is 14.7 Å². The zero-order chi connectivity index (χ0) is 40.0. The Morgan fingerprint density at radius 1 is 0.909 bits per heavy atom. The largest absolute Gasteiger partial charge is 0.490 e. The molecule has 0 spiro atoms. The average molecular weight is 825 g/mol. The van der Waals surface area contributed by atoms with Crippen LogP contribution in [0.2, 0.25) is 15.1 Å². The second kappa shape index (κ2) is 18.3. The fourth-order valence-electron chi connectivity index (χ4n) is 6.65. The molecular weight excluding hydrogens is 779 g/mol. The highest BCUT2D eigenvalue weighted by Gasteiger charge is 2.43. The van der Waals surface area contributed by atoms with E-state index in [1.165, 1.54) is 4.90 Å². The number of rotatable bonds is 14. The fourth-order valence-corrected chi connectivity index (χ4v) is 7.53. The maximum absolute atomic E-state index is 14.5. The molecule has 0 unspecified atom stereocenters. The van der Waals surface area contributed by atoms with Crippen molar-refractivity contribution in [3.05, 3.63) is 91.9 Å². The van der Waals surface area contributed by atoms with Gasteiger partial charge in [0.05, 0.1) is 22.5 Å². The van der Waals surface area contributed by atoms with E-state index in [0.29, 0.717) is 44.1 Å². The average Bonchev–Trinajstić information content (AvgIpc) is 3.95. The van der Waals surface area contributed by atoms with Gasteiger partial charge in [-0.15, -0.1) is 0 Å². The van der Waals surface area contributed by atoms with E-state index in [4.69, 9.17) is 49.0 Å². The molecule has 2 atom stereocenters. The predicted molar refractivity (Wildman–Crippen MR) is 207 cm³/mol. The Balaban J connectivity index is 1.30. The van der Waals surface area contributed by atoms with Gasteiger partial charge in [0.1, 0.15) is 24.6 Å². The summed E-state index contributed by atoms with van der Waals surface area (Å²) in [5, 5.41) is 11.1. The first-order valence-corrected chi connectivity index (χ1v) is 19.3. The first-order chi connectivity index (χ1) is 26.0. The van der Waals surface area contributed by atoms with Gasteiger partial charge in [0, 0.05) is 37.2 Å². The Bertz CT molecular complexity index is 1820. The Morgan fingerprint density at radius 2 is 1.56 bits per heavy atom. The minimum Gasteiger partial charge on any atom is -0.490 e. The first-order valence-electron chi connectivity index (χ1n) is 18.1. The summed E-state index contributed by atoms with van der Waals surface area (Å²) >= 11 is 19.2. The van der Waals surface area contributed by atoms with Crippen molar-refractivity contribution in [3.8, 4) is 11.5 Å². The van der Waals surface area contributed by atoms with E-state index in [9.17, 15) is 28.3 Å². The third-order valence-electron chi connectivity index (χ3n) is 9.35. The molecule has 0 aromatic heterocycles. The molecule has 1 N–H and O–H groups in total. The number of amides is 3. The smallest absolute Gasteiger partial charge is 0.410 e. The maximum atomic E-state index is 14.5. The van der Waals surface area contributed by atoms with Crippen LogP contribution in [0.5, 0.6) is 11.5 Å². The van der Waals surface area contributed by atoms with E-state index in [2.05, 4.69) is 0 Å². The Hall–Kier alpha value is -4.00. The lowest BCUT2D eigenvalue weighted by Crippen LogP contribution is -2.49. The third-order valence-corrected chi connectivity index (χ3v) is 10.3. The topological polar surface area (TPSA) is 109 Å². The number of carboxylic acid groups (broad SMARTS) is 1. The first kappa shape index (κ1) is 42.1. The molecule has 1 aliphatic carbocycles. The van der Waals surface area contributed by atoms with Gasteiger partial charge >= 0.3 is 12.2 Å². The summed E-state index contributed by atoms with van der Waals surface area (Å²) in [4.78, 5) is 43.4. The van der Waals surface area contributed by atoms with Gasteiger partial charge in [0.2, 0.25) is 5.91 Å². The van der Waals surface area contributed by atoms with Crippen LogP contribution in [0.4, 0.5) is 18.4 Å². The van der Waals surface area contributed by atoms with Crippen LogP contribution in [-0.2, 0) is 22.6 Å². The van der Waals surface area contributed by atoms with E-state index in [1.54, 1.807) is 56.0 Å². The van der Waals surface area contributed by atoms with Gasteiger partial charge in [0.25, 0.3) is 6.43 Å². The number of alkyl halides is 2. The number of piperidine rings is 1. The van der Waals surface area contributed by atoms with Crippen LogP contribution in [0.25, 0.3) is 0 Å². The lowest BCUT2D eigenvalue weighted by Gasteiger charge is -2.39. The van der Waals surface area contributed by atoms with Gasteiger partial charge in [-0.05, 0) is 105 Å². The van der Waals surface area contributed by atoms with Crippen LogP contribution in [0.15, 0.2) is 54.6 Å². The lowest BCUT2D eigenvalue weighted by molar-refractivity contribution is -0.139. The maximum Gasteiger partial charge on any atom is 0.410 e. The molecular formula is C40H46Cl3F2N3O7. The van der Waals surface area contributed by atoms with E-state index in [1.807, 2.05) is 31.2 Å². The van der Waals surface area contributed by atoms with E-state index in [-0.39, 0.29) is 57.3 Å². The molecule has 2 fully saturated rings. The van der Waals surface area contributed by atoms with Crippen LogP contribution >= 0.6 is 34.8 Å². The van der Waals surface area contributed by atoms with Crippen molar-refractivity contribution in [2.75, 3.05) is 32.8 Å². The molecule has 3 aromatic rings. The molecule has 1 aliphatic heterocycles. The zero-order valence-corrected chi connectivity index (χ0v) is 33.5. The normalized spacial score (nSPS) is 17.2. The summed E-state index contributed by atoms with van der Waals surface area (Å²) in [5.74, 6) is -0.163. The van der Waals surface area contributed by atoms with Crippen molar-refractivity contribution in [3.63, 3.8) is 0 Å². The summed E-state index contributed by atoms with van der Waals surface area (Å²) in [6.45, 7) is 6.74. The highest BCUT2D eigenvalue weighted by Crippen LogP contribution is 2.39. The number of hydrogen-bond acceptors (Lipinski definition) is 6. The number of ether oxygens (including phenoxy) is 3. The Morgan fingerprint density at radius 3 is 2.16 bits per heavy atom. The predicted octanol–water partition coefficient (Wildman–Crippen LogP) is 9.69. The number of benzene rings is 3. The second-order valence-corrected chi connectivity index (χ2v) is 16.2. The summed E-state index contributed by atoms with van der Waals surface area (Å²) in [7, 11) is 0. The summed E-state index contributed by atoms with van der Waals surface area (Å²) in [6.07, 6.45) is -2.74. The van der Waals surface area contributed by atoms with Crippen LogP contribution in [0.1, 0.15) is 68.2 Å². The number of carbonyl (C=O) groups excluding carboxylic acids is 2. The SMILES string of the molecule is Cc1cc(Cl)c(OCCOc2ccc([C@H]3CCN(C(=O)O)C[C@@H]3C(=O)N(Cc3cc(CN(CC(F)F)C(=O)OC(C)(C)C)ccc3Cl)C3CC3)cc2)c(Cl)c1. The number of likely N-dealkylation sites (tertiary alicyclic amines) is 1. The molecule has 5 rings (SSSR count). The molecule has 55 heavy (non-hydrogen) atoms. The standard InChI is InChI=1S/C40H46Cl3F2N3O7/c1-24-17-33(42)36(34(43)18-24)54-16-15-53-29-10-6-26(7-11-29)30-13-14-46(38(50)51)22-31(30)37(49)48(28-8-9-28)21-27-19-25(5-12-32(27)41)20-47(23-35(44)45)39(52)55-40(2,3)4/h5-7,10-12,17-19,28,30-31,35H,8-9,13-16,20-23H2,1-4H3,(H,50,51)/t30-,31+/m1/s1. The summed E-state index contributed by atoms with van der Waals surface area (Å²) < 4.78 is 44.0. The highest BCUT2D eigenvalue weighted by atomic mass is 35.5. The molecule has 1 saturated carbocycles. The van der Waals surface area contributed by atoms with Crippen LogP contribution in [0.3, 0.4) is 0 Å². The zero-order valence-electron chi connectivity index (χ0n) is 31.2. The van der Waals surface area contributed by atoms with E-state index in [0.717, 1.165) is 28.9 Å². The second-order valence-electron chi connectivity index (χ2n) is 14.9. The highest BCUT2D eigenvalue weighted by molar-refractivity contribution is 6.37. The van der Waals surface area contributed by atoms with Crippen LogP contribution in [-0.4, -0.2) is 88.8 Å². The quantitative estimate of drug-likeness (QED) is 0.161. The minimum absolute atomic E-state index is 0.0218. The Kier molecular flexibility index (Phi) is 14.0. The van der Waals surface area contributed by atoms with Crippen molar-refractivity contribution >= 4 is 52.9 Å². The minimum atomic E-state index is -2.77. The third kappa shape index (κ3) is 11.8. The number of halogens is 5. The summed E-state index contributed by atoms with van der Waals surface area (Å²) in [6, 6.07) is 15.9. The molecule has 0 radical (unpaired) electrons. The molecule has 0 bridgehead atoms. The fraction of sp³-hybridized carbons (Fsp3) is 0.475. The van der Waals surface area contributed by atoms with Gasteiger partial charge in [-0.1, -0.05) is 59.1 Å². The van der Waals surface area contributed by atoms with E-state index < -0.39 is 36.7 Å². The Labute approximate surface area is 335 Å². The van der Waals surface area contributed by atoms with Crippen molar-refractivity contribution in [2.24, 2.45) is 5.92 Å². The number of carbonyl (C=O) groups is 3. The van der Waals surface area contributed by atoms with Crippen LogP contribution < -0.4 is 9.47 Å². The van der Waals surface area contributed by atoms with Crippen LogP contribution in [0, 0.1) is 12.8 Å². The monoisotopic (exact) mass is 823 g/mol. The number of hydrogen-bond donors (Lipinski definition) is 1. The van der Waals surface area contributed by atoms with Gasteiger partial charge < -0.3 is 29.1 Å². The van der Waals surface area contributed by atoms with Gasteiger partial charge in [-0.2, -0.15) is 0 Å². The molecule has 298 valence electrons. The molecule has 15 heteroatoms. The van der Waals surface area contributed by atoms with Crippen molar-refractivity contribution in [2.45, 2.75) is 84.0 Å². The molecule has 10 nitrogen and oxygen atoms in total. The molecule has 1 heterocycles. The van der Waals surface area contributed by atoms with Gasteiger partial charge in [-0.25, -0.2) is 18.4 Å². The molecule has 3 amide bonds. The van der Waals surface area contributed by atoms with E-state index >= 15 is 0 Å². The number of nitrogens with zero attached hydrogens (tertiary/aromatic N) is 3. The van der Waals surface area contributed by atoms with Gasteiger partial charge in [-0.3, -0.25) is 9.69 Å². The van der Waals surface area contributed by atoms with Gasteiger partial charge in [0.15, 0.2) is 5.75 Å². The molecule has 1 saturated heterocycles. The lowest BCUT2D eigenvalue weighted by atomic mass is 9.79.